The number of piperidine rings is 1. The van der Waals surface area contributed by atoms with Crippen molar-refractivity contribution < 1.29 is 14.3 Å². The van der Waals surface area contributed by atoms with Crippen molar-refractivity contribution in [1.82, 2.24) is 24.6 Å². The van der Waals surface area contributed by atoms with Crippen LogP contribution in [0.3, 0.4) is 0 Å². The fourth-order valence-electron chi connectivity index (χ4n) is 3.82. The normalized spacial score (nSPS) is 17.0. The zero-order valence-electron chi connectivity index (χ0n) is 16.3. The number of hydrogen-bond acceptors (Lipinski definition) is 6. The molecule has 0 N–H and O–H groups in total. The van der Waals surface area contributed by atoms with Gasteiger partial charge in [0.1, 0.15) is 17.0 Å². The second-order valence-electron chi connectivity index (χ2n) is 6.89. The van der Waals surface area contributed by atoms with Gasteiger partial charge in [0.25, 0.3) is 5.91 Å². The van der Waals surface area contributed by atoms with Gasteiger partial charge in [-0.3, -0.25) is 4.79 Å². The van der Waals surface area contributed by atoms with Gasteiger partial charge in [-0.05, 0) is 31.0 Å². The molecule has 1 fully saturated rings. The number of hydrogen-bond donors (Lipinski definition) is 0. The lowest BCUT2D eigenvalue weighted by atomic mass is 9.93. The van der Waals surface area contributed by atoms with E-state index in [1.54, 1.807) is 49.5 Å². The summed E-state index contributed by atoms with van der Waals surface area (Å²) in [7, 11) is 5.02. The Hall–Kier alpha value is -3.16. The van der Waals surface area contributed by atoms with E-state index in [1.165, 1.54) is 0 Å². The van der Waals surface area contributed by atoms with Gasteiger partial charge in [-0.1, -0.05) is 0 Å². The van der Waals surface area contributed by atoms with Crippen LogP contribution in [0.2, 0.25) is 0 Å². The van der Waals surface area contributed by atoms with E-state index < -0.39 is 0 Å². The molecule has 4 rings (SSSR count). The Bertz CT molecular complexity index is 1020. The van der Waals surface area contributed by atoms with Crippen molar-refractivity contribution in [1.29, 1.82) is 0 Å². The molecule has 3 aromatic rings. The lowest BCUT2D eigenvalue weighted by Gasteiger charge is -2.32. The Kier molecular flexibility index (Phi) is 4.85. The largest absolute Gasteiger partial charge is 0.497 e. The zero-order valence-corrected chi connectivity index (χ0v) is 16.3. The molecule has 1 unspecified atom stereocenters. The maximum absolute atomic E-state index is 13.2. The molecular weight excluding hydrogens is 358 g/mol. The van der Waals surface area contributed by atoms with E-state index >= 15 is 0 Å². The summed E-state index contributed by atoms with van der Waals surface area (Å²) >= 11 is 0. The van der Waals surface area contributed by atoms with Gasteiger partial charge in [-0.15, -0.1) is 0 Å². The summed E-state index contributed by atoms with van der Waals surface area (Å²) in [5.41, 5.74) is 2.98. The molecule has 0 saturated carbocycles. The second-order valence-corrected chi connectivity index (χ2v) is 6.89. The smallest absolute Gasteiger partial charge is 0.257 e. The fraction of sp³-hybridized carbons (Fsp3) is 0.400. The second kappa shape index (κ2) is 7.46. The molecule has 2 aromatic heterocycles. The topological polar surface area (TPSA) is 82.4 Å². The van der Waals surface area contributed by atoms with Crippen LogP contribution in [0.4, 0.5) is 0 Å². The van der Waals surface area contributed by atoms with Crippen LogP contribution >= 0.6 is 0 Å². The van der Waals surface area contributed by atoms with Crippen molar-refractivity contribution in [3.63, 3.8) is 0 Å². The summed E-state index contributed by atoms with van der Waals surface area (Å²) in [5.74, 6) is 1.23. The van der Waals surface area contributed by atoms with Gasteiger partial charge in [-0.25, -0.2) is 14.6 Å². The summed E-state index contributed by atoms with van der Waals surface area (Å²) < 4.78 is 12.4. The summed E-state index contributed by atoms with van der Waals surface area (Å²) in [5, 5.41) is 4.65. The first kappa shape index (κ1) is 18.2. The van der Waals surface area contributed by atoms with E-state index in [-0.39, 0.29) is 11.8 Å². The molecule has 1 atom stereocenters. The molecule has 3 heterocycles. The third kappa shape index (κ3) is 3.15. The quantitative estimate of drug-likeness (QED) is 0.690. The fourth-order valence-corrected chi connectivity index (χ4v) is 3.82. The van der Waals surface area contributed by atoms with Crippen molar-refractivity contribution in [2.75, 3.05) is 27.3 Å². The number of benzene rings is 1. The first-order valence-electron chi connectivity index (χ1n) is 9.27. The lowest BCUT2D eigenvalue weighted by molar-refractivity contribution is 0.0702. The summed E-state index contributed by atoms with van der Waals surface area (Å²) in [6.07, 6.45) is 5.21. The van der Waals surface area contributed by atoms with E-state index in [4.69, 9.17) is 9.47 Å². The molecule has 1 aliphatic rings. The third-order valence-electron chi connectivity index (χ3n) is 5.22. The summed E-state index contributed by atoms with van der Waals surface area (Å²) in [6, 6.07) is 5.27. The van der Waals surface area contributed by atoms with Gasteiger partial charge in [0.15, 0.2) is 5.65 Å². The van der Waals surface area contributed by atoms with Gasteiger partial charge in [0.2, 0.25) is 0 Å². The Balaban J connectivity index is 1.63. The molecule has 1 saturated heterocycles. The Morgan fingerprint density at radius 3 is 2.79 bits per heavy atom. The molecule has 0 aliphatic carbocycles. The van der Waals surface area contributed by atoms with Gasteiger partial charge < -0.3 is 14.4 Å². The minimum absolute atomic E-state index is 0.0632. The van der Waals surface area contributed by atoms with Crippen LogP contribution in [0, 0.1) is 0 Å². The van der Waals surface area contributed by atoms with Gasteiger partial charge >= 0.3 is 0 Å². The number of aromatic nitrogens is 4. The zero-order chi connectivity index (χ0) is 19.7. The monoisotopic (exact) mass is 381 g/mol. The number of fused-ring (bicyclic) bond motifs is 1. The molecule has 1 aromatic carbocycles. The van der Waals surface area contributed by atoms with Gasteiger partial charge in [0.05, 0.1) is 25.5 Å². The number of methoxy groups -OCH3 is 2. The first-order valence-corrected chi connectivity index (χ1v) is 9.27. The SMILES string of the molecule is COc1ccc(OC)c(C(=O)N2CCCC(c3nn(C)c4nccnc34)C2)c1. The van der Waals surface area contributed by atoms with Crippen LogP contribution in [0.1, 0.15) is 34.8 Å². The van der Waals surface area contributed by atoms with Crippen LogP contribution in [0.5, 0.6) is 11.5 Å². The lowest BCUT2D eigenvalue weighted by Crippen LogP contribution is -2.39. The van der Waals surface area contributed by atoms with Crippen molar-refractivity contribution >= 4 is 17.1 Å². The van der Waals surface area contributed by atoms with Crippen molar-refractivity contribution in [3.05, 3.63) is 41.9 Å². The maximum atomic E-state index is 13.2. The third-order valence-corrected chi connectivity index (χ3v) is 5.22. The number of rotatable bonds is 4. The average Bonchev–Trinajstić information content (AvgIpc) is 3.09. The molecule has 146 valence electrons. The number of nitrogens with zero attached hydrogens (tertiary/aromatic N) is 5. The van der Waals surface area contributed by atoms with E-state index in [0.717, 1.165) is 29.7 Å². The average molecular weight is 381 g/mol. The number of aryl methyl sites for hydroxylation is 1. The van der Waals surface area contributed by atoms with E-state index in [9.17, 15) is 4.79 Å². The Labute approximate surface area is 163 Å². The first-order chi connectivity index (χ1) is 13.6. The van der Waals surface area contributed by atoms with Crippen LogP contribution in [0.15, 0.2) is 30.6 Å². The number of amides is 1. The number of likely N-dealkylation sites (tertiary alicyclic amines) is 1. The van der Waals surface area contributed by atoms with Crippen LogP contribution < -0.4 is 9.47 Å². The Morgan fingerprint density at radius 1 is 1.18 bits per heavy atom. The molecule has 1 amide bonds. The highest BCUT2D eigenvalue weighted by atomic mass is 16.5. The number of ether oxygens (including phenoxy) is 2. The Morgan fingerprint density at radius 2 is 2.00 bits per heavy atom. The van der Waals surface area contributed by atoms with Crippen LogP contribution in [0.25, 0.3) is 11.2 Å². The molecule has 0 radical (unpaired) electrons. The molecule has 1 aliphatic heterocycles. The van der Waals surface area contributed by atoms with Crippen molar-refractivity contribution in [2.24, 2.45) is 7.05 Å². The molecular formula is C20H23N5O3. The molecule has 0 bridgehead atoms. The van der Waals surface area contributed by atoms with Gasteiger partial charge in [0, 0.05) is 38.4 Å². The van der Waals surface area contributed by atoms with E-state index in [2.05, 4.69) is 15.1 Å². The minimum atomic E-state index is -0.0632. The predicted octanol–water partition coefficient (Wildman–Crippen LogP) is 2.40. The molecule has 0 spiro atoms. The molecule has 8 heteroatoms. The summed E-state index contributed by atoms with van der Waals surface area (Å²) in [4.78, 5) is 23.9. The highest BCUT2D eigenvalue weighted by Crippen LogP contribution is 2.32. The van der Waals surface area contributed by atoms with E-state index in [0.29, 0.717) is 30.2 Å². The van der Waals surface area contributed by atoms with Gasteiger partial charge in [-0.2, -0.15) is 5.10 Å². The van der Waals surface area contributed by atoms with Crippen molar-refractivity contribution in [3.8, 4) is 11.5 Å². The van der Waals surface area contributed by atoms with Crippen LogP contribution in [-0.2, 0) is 7.05 Å². The minimum Gasteiger partial charge on any atom is -0.497 e. The molecule has 28 heavy (non-hydrogen) atoms. The number of carbonyl (C=O) groups excluding carboxylic acids is 1. The predicted molar refractivity (Wildman–Crippen MR) is 104 cm³/mol. The van der Waals surface area contributed by atoms with Crippen LogP contribution in [-0.4, -0.2) is 57.9 Å². The van der Waals surface area contributed by atoms with E-state index in [1.807, 2.05) is 11.9 Å². The highest BCUT2D eigenvalue weighted by molar-refractivity contribution is 5.97. The van der Waals surface area contributed by atoms with Crippen molar-refractivity contribution in [2.45, 2.75) is 18.8 Å². The summed E-state index contributed by atoms with van der Waals surface area (Å²) in [6.45, 7) is 1.29. The standard InChI is InChI=1S/C20H23N5O3/c1-24-19-18(21-8-9-22-19)17(23-24)13-5-4-10-25(12-13)20(26)15-11-14(27-2)6-7-16(15)28-3/h6-9,11,13H,4-5,10,12H2,1-3H3. The highest BCUT2D eigenvalue weighted by Gasteiger charge is 2.30. The number of carbonyl (C=O) groups is 1. The maximum Gasteiger partial charge on any atom is 0.257 e. The molecule has 8 nitrogen and oxygen atoms in total.